The molecular formula is C24H44N4O10. The molecule has 1 aliphatic heterocycles. The zero-order chi connectivity index (χ0) is 27.5. The summed E-state index contributed by atoms with van der Waals surface area (Å²) in [4.78, 5) is 46.5. The number of alkyl carbamates (subject to hydrolysis) is 4. The number of cyclic esters (lactones) is 4. The van der Waals surface area contributed by atoms with Gasteiger partial charge >= 0.3 is 24.4 Å². The van der Waals surface area contributed by atoms with Gasteiger partial charge in [0.25, 0.3) is 0 Å². The average Bonchev–Trinajstić information content (AvgIpc) is 2.90. The average molecular weight is 549 g/mol. The number of hydrogen-bond donors (Lipinski definition) is 4. The smallest absolute Gasteiger partial charge is 0.407 e. The highest BCUT2D eigenvalue weighted by atomic mass is 16.6. The van der Waals surface area contributed by atoms with E-state index >= 15 is 0 Å². The molecule has 1 rings (SSSR count). The zero-order valence-corrected chi connectivity index (χ0v) is 22.2. The SMILES string of the molecule is O=C1NCCCCCCNC(=O)OCCOCCOC(=O)NCCCCCCNC(=O)OCCOCCO1. The Balaban J connectivity index is 2.22. The van der Waals surface area contributed by atoms with Crippen molar-refractivity contribution in [2.75, 3.05) is 79.0 Å². The van der Waals surface area contributed by atoms with Crippen molar-refractivity contribution in [1.82, 2.24) is 21.3 Å². The molecule has 0 radical (unpaired) electrons. The van der Waals surface area contributed by atoms with Crippen LogP contribution in [0.3, 0.4) is 0 Å². The first kappa shape index (κ1) is 33.0. The van der Waals surface area contributed by atoms with Crippen molar-refractivity contribution in [2.24, 2.45) is 0 Å². The van der Waals surface area contributed by atoms with Crippen molar-refractivity contribution in [3.05, 3.63) is 0 Å². The second-order valence-electron chi connectivity index (χ2n) is 8.30. The highest BCUT2D eigenvalue weighted by molar-refractivity contribution is 5.68. The number of rotatable bonds is 0. The van der Waals surface area contributed by atoms with Crippen molar-refractivity contribution in [3.63, 3.8) is 0 Å². The predicted octanol–water partition coefficient (Wildman–Crippen LogP) is 2.06. The van der Waals surface area contributed by atoms with Gasteiger partial charge in [0.05, 0.1) is 26.4 Å². The summed E-state index contributed by atoms with van der Waals surface area (Å²) in [6, 6.07) is 0. The second kappa shape index (κ2) is 24.3. The van der Waals surface area contributed by atoms with Crippen molar-refractivity contribution < 1.29 is 47.6 Å². The molecule has 14 heteroatoms. The van der Waals surface area contributed by atoms with Gasteiger partial charge in [-0.1, -0.05) is 25.7 Å². The molecule has 4 amide bonds. The van der Waals surface area contributed by atoms with Crippen LogP contribution in [-0.4, -0.2) is 103 Å². The van der Waals surface area contributed by atoms with Gasteiger partial charge in [-0.3, -0.25) is 0 Å². The Morgan fingerprint density at radius 2 is 0.579 bits per heavy atom. The third-order valence-corrected chi connectivity index (χ3v) is 5.13. The van der Waals surface area contributed by atoms with Crippen LogP contribution in [0.5, 0.6) is 0 Å². The van der Waals surface area contributed by atoms with Crippen LogP contribution in [0.2, 0.25) is 0 Å². The van der Waals surface area contributed by atoms with E-state index in [9.17, 15) is 19.2 Å². The highest BCUT2D eigenvalue weighted by Gasteiger charge is 2.05. The summed E-state index contributed by atoms with van der Waals surface area (Å²) in [7, 11) is 0. The third-order valence-electron chi connectivity index (χ3n) is 5.13. The summed E-state index contributed by atoms with van der Waals surface area (Å²) in [6.45, 7) is 3.18. The van der Waals surface area contributed by atoms with Crippen molar-refractivity contribution in [3.8, 4) is 0 Å². The van der Waals surface area contributed by atoms with E-state index in [1.165, 1.54) is 0 Å². The largest absolute Gasteiger partial charge is 0.447 e. The Kier molecular flexibility index (Phi) is 21.2. The summed E-state index contributed by atoms with van der Waals surface area (Å²) >= 11 is 0. The molecule has 0 aromatic heterocycles. The monoisotopic (exact) mass is 548 g/mol. The molecule has 220 valence electrons. The molecule has 0 aromatic carbocycles. The fourth-order valence-electron chi connectivity index (χ4n) is 3.15. The topological polar surface area (TPSA) is 172 Å². The van der Waals surface area contributed by atoms with Gasteiger partial charge in [0.15, 0.2) is 0 Å². The molecule has 0 atom stereocenters. The Bertz CT molecular complexity index is 548. The Morgan fingerprint density at radius 1 is 0.342 bits per heavy atom. The number of hydrogen-bond acceptors (Lipinski definition) is 10. The molecule has 0 spiro atoms. The molecule has 1 fully saturated rings. The molecule has 0 unspecified atom stereocenters. The minimum absolute atomic E-state index is 0.0998. The number of carbonyl (C=O) groups excluding carboxylic acids is 4. The molecule has 38 heavy (non-hydrogen) atoms. The number of nitrogens with one attached hydrogen (secondary N) is 4. The summed E-state index contributed by atoms with van der Waals surface area (Å²) in [5.74, 6) is 0. The van der Waals surface area contributed by atoms with Crippen LogP contribution in [0, 0.1) is 0 Å². The predicted molar refractivity (Wildman–Crippen MR) is 136 cm³/mol. The first-order valence-corrected chi connectivity index (χ1v) is 13.4. The molecule has 4 N–H and O–H groups in total. The molecule has 0 saturated carbocycles. The van der Waals surface area contributed by atoms with Crippen LogP contribution in [-0.2, 0) is 28.4 Å². The van der Waals surface area contributed by atoms with Gasteiger partial charge in [-0.15, -0.1) is 0 Å². The summed E-state index contributed by atoms with van der Waals surface area (Å²) in [6.07, 6.45) is 4.69. The molecule has 1 heterocycles. The van der Waals surface area contributed by atoms with Gasteiger partial charge in [-0.25, -0.2) is 19.2 Å². The van der Waals surface area contributed by atoms with Crippen LogP contribution in [0.4, 0.5) is 19.2 Å². The molecule has 0 aromatic rings. The van der Waals surface area contributed by atoms with E-state index in [0.717, 1.165) is 51.4 Å². The summed E-state index contributed by atoms with van der Waals surface area (Å²) < 4.78 is 30.6. The molecular weight excluding hydrogens is 504 g/mol. The Hall–Kier alpha value is -3.00. The molecule has 0 aliphatic carbocycles. The first-order chi connectivity index (χ1) is 18.6. The highest BCUT2D eigenvalue weighted by Crippen LogP contribution is 1.99. The zero-order valence-electron chi connectivity index (χ0n) is 22.2. The van der Waals surface area contributed by atoms with E-state index < -0.39 is 24.4 Å². The van der Waals surface area contributed by atoms with Crippen LogP contribution >= 0.6 is 0 Å². The van der Waals surface area contributed by atoms with Gasteiger partial charge < -0.3 is 49.7 Å². The van der Waals surface area contributed by atoms with E-state index in [1.807, 2.05) is 0 Å². The lowest BCUT2D eigenvalue weighted by atomic mass is 10.2. The number of ether oxygens (including phenoxy) is 6. The second-order valence-corrected chi connectivity index (χ2v) is 8.30. The third kappa shape index (κ3) is 22.2. The summed E-state index contributed by atoms with van der Waals surface area (Å²) in [5, 5.41) is 10.7. The van der Waals surface area contributed by atoms with Gasteiger partial charge in [0.2, 0.25) is 0 Å². The molecule has 1 saturated heterocycles. The normalized spacial score (nSPS) is 21.3. The quantitative estimate of drug-likeness (QED) is 0.328. The van der Waals surface area contributed by atoms with Gasteiger partial charge in [0, 0.05) is 26.2 Å². The van der Waals surface area contributed by atoms with E-state index in [0.29, 0.717) is 26.2 Å². The minimum atomic E-state index is -0.507. The van der Waals surface area contributed by atoms with Crippen LogP contribution < -0.4 is 21.3 Å². The lowest BCUT2D eigenvalue weighted by Gasteiger charge is -2.10. The summed E-state index contributed by atoms with van der Waals surface area (Å²) in [5.41, 5.74) is 0. The number of carbonyl (C=O) groups is 4. The van der Waals surface area contributed by atoms with Crippen molar-refractivity contribution in [1.29, 1.82) is 0 Å². The maximum atomic E-state index is 11.6. The van der Waals surface area contributed by atoms with E-state index in [-0.39, 0.29) is 52.9 Å². The van der Waals surface area contributed by atoms with Crippen LogP contribution in [0.25, 0.3) is 0 Å². The molecule has 14 nitrogen and oxygen atoms in total. The standard InChI is InChI=1S/C24H44N4O10/c29-21-25-9-5-1-2-6-10-26-22(30)36-18-14-34-16-20-38-24(32)28-12-8-4-3-7-11-27-23(31)37-19-15-33-13-17-35-21/h1-20H2,(H,25,29)(H,26,30)(H,27,31)(H,28,32). The fourth-order valence-corrected chi connectivity index (χ4v) is 3.15. The number of amides is 4. The van der Waals surface area contributed by atoms with Crippen LogP contribution in [0.1, 0.15) is 51.4 Å². The fraction of sp³-hybridized carbons (Fsp3) is 0.833. The van der Waals surface area contributed by atoms with Crippen molar-refractivity contribution >= 4 is 24.4 Å². The van der Waals surface area contributed by atoms with Crippen LogP contribution in [0.15, 0.2) is 0 Å². The van der Waals surface area contributed by atoms with E-state index in [1.54, 1.807) is 0 Å². The Morgan fingerprint density at radius 3 is 0.816 bits per heavy atom. The van der Waals surface area contributed by atoms with E-state index in [2.05, 4.69) is 21.3 Å². The van der Waals surface area contributed by atoms with E-state index in [4.69, 9.17) is 28.4 Å². The molecule has 1 aliphatic rings. The minimum Gasteiger partial charge on any atom is -0.447 e. The molecule has 0 bridgehead atoms. The first-order valence-electron chi connectivity index (χ1n) is 13.4. The maximum Gasteiger partial charge on any atom is 0.407 e. The maximum absolute atomic E-state index is 11.6. The van der Waals surface area contributed by atoms with Gasteiger partial charge in [0.1, 0.15) is 26.4 Å². The van der Waals surface area contributed by atoms with Gasteiger partial charge in [-0.05, 0) is 25.7 Å². The van der Waals surface area contributed by atoms with Crippen molar-refractivity contribution in [2.45, 2.75) is 51.4 Å². The van der Waals surface area contributed by atoms with Gasteiger partial charge in [-0.2, -0.15) is 0 Å². The lowest BCUT2D eigenvalue weighted by molar-refractivity contribution is 0.0453. The Labute approximate surface area is 224 Å². The lowest BCUT2D eigenvalue weighted by Crippen LogP contribution is -2.28.